The molecule has 1 aromatic rings. The van der Waals surface area contributed by atoms with Crippen LogP contribution in [0.2, 0.25) is 0 Å². The summed E-state index contributed by atoms with van der Waals surface area (Å²) in [6.45, 7) is 4.91. The Labute approximate surface area is 130 Å². The summed E-state index contributed by atoms with van der Waals surface area (Å²) in [5.74, 6) is -0.820. The number of rotatable bonds is 6. The number of ether oxygens (including phenoxy) is 1. The monoisotopic (exact) mass is 305 g/mol. The van der Waals surface area contributed by atoms with Gasteiger partial charge in [0.05, 0.1) is 6.04 Å². The fraction of sp³-hybridized carbons (Fsp3) is 0.438. The standard InChI is InChI=1S/C16H21N2O4/c1-11(2)14(17)15(20)18(12(3)9-19)16(21)22-10-13-7-5-4-6-8-13/h4-8,11-12,14H,10,17H2,1-3H3/t12-,14-/m0/s1. The quantitative estimate of drug-likeness (QED) is 0.862. The molecule has 0 unspecified atom stereocenters. The van der Waals surface area contributed by atoms with Crippen molar-refractivity contribution in [3.63, 3.8) is 0 Å². The first-order valence-electron chi connectivity index (χ1n) is 7.05. The maximum atomic E-state index is 12.3. The Kier molecular flexibility index (Phi) is 6.72. The van der Waals surface area contributed by atoms with Crippen molar-refractivity contribution < 1.29 is 19.1 Å². The highest BCUT2D eigenvalue weighted by molar-refractivity contribution is 5.97. The average Bonchev–Trinajstić information content (AvgIpc) is 2.52. The first-order chi connectivity index (χ1) is 10.4. The van der Waals surface area contributed by atoms with Crippen LogP contribution in [0.3, 0.4) is 0 Å². The summed E-state index contributed by atoms with van der Waals surface area (Å²) in [4.78, 5) is 36.0. The van der Waals surface area contributed by atoms with Crippen LogP contribution in [0.15, 0.2) is 30.3 Å². The van der Waals surface area contributed by atoms with Gasteiger partial charge >= 0.3 is 6.09 Å². The number of carbonyl (C=O) groups is 2. The Morgan fingerprint density at radius 2 is 1.82 bits per heavy atom. The molecule has 0 fully saturated rings. The number of benzene rings is 1. The van der Waals surface area contributed by atoms with Gasteiger partial charge in [-0.25, -0.2) is 9.69 Å². The van der Waals surface area contributed by atoms with Crippen LogP contribution in [0.4, 0.5) is 4.79 Å². The zero-order chi connectivity index (χ0) is 16.7. The molecule has 2 N–H and O–H groups in total. The Morgan fingerprint density at radius 1 is 1.23 bits per heavy atom. The summed E-state index contributed by atoms with van der Waals surface area (Å²) in [6, 6.07) is 7.08. The van der Waals surface area contributed by atoms with Crippen LogP contribution in [-0.4, -0.2) is 35.3 Å². The molecule has 1 radical (unpaired) electrons. The molecule has 22 heavy (non-hydrogen) atoms. The molecule has 0 heterocycles. The molecule has 0 aliphatic rings. The molecule has 6 heteroatoms. The van der Waals surface area contributed by atoms with Gasteiger partial charge in [0.15, 0.2) is 0 Å². The normalized spacial score (nSPS) is 13.3. The van der Waals surface area contributed by atoms with Crippen molar-refractivity contribution in [2.45, 2.75) is 39.5 Å². The van der Waals surface area contributed by atoms with Crippen molar-refractivity contribution in [2.75, 3.05) is 0 Å². The molecule has 0 aromatic heterocycles. The van der Waals surface area contributed by atoms with Crippen LogP contribution in [-0.2, 0) is 20.9 Å². The molecule has 0 aliphatic heterocycles. The molecule has 119 valence electrons. The van der Waals surface area contributed by atoms with Crippen LogP contribution in [0.1, 0.15) is 26.3 Å². The van der Waals surface area contributed by atoms with E-state index in [4.69, 9.17) is 10.5 Å². The zero-order valence-corrected chi connectivity index (χ0v) is 13.0. The molecule has 2 amide bonds. The van der Waals surface area contributed by atoms with Gasteiger partial charge < -0.3 is 10.5 Å². The van der Waals surface area contributed by atoms with E-state index in [9.17, 15) is 14.4 Å². The molecular weight excluding hydrogens is 284 g/mol. The summed E-state index contributed by atoms with van der Waals surface area (Å²) in [6.07, 6.45) is 0.715. The van der Waals surface area contributed by atoms with Gasteiger partial charge in [0.2, 0.25) is 12.2 Å². The number of hydrogen-bond acceptors (Lipinski definition) is 5. The third-order valence-corrected chi connectivity index (χ3v) is 3.20. The van der Waals surface area contributed by atoms with E-state index in [0.717, 1.165) is 10.5 Å². The van der Waals surface area contributed by atoms with Crippen molar-refractivity contribution in [3.05, 3.63) is 35.9 Å². The lowest BCUT2D eigenvalue weighted by Gasteiger charge is -2.26. The summed E-state index contributed by atoms with van der Waals surface area (Å²) in [7, 11) is 0. The number of carbonyl (C=O) groups excluding carboxylic acids is 3. The Hall–Kier alpha value is -2.21. The molecule has 0 saturated heterocycles. The molecule has 1 rings (SSSR count). The lowest BCUT2D eigenvalue weighted by molar-refractivity contribution is -0.132. The fourth-order valence-electron chi connectivity index (χ4n) is 1.73. The molecule has 0 bridgehead atoms. The Bertz CT molecular complexity index is 516. The minimum absolute atomic E-state index is 0.00590. The largest absolute Gasteiger partial charge is 0.444 e. The van der Waals surface area contributed by atoms with Gasteiger partial charge in [-0.15, -0.1) is 0 Å². The summed E-state index contributed by atoms with van der Waals surface area (Å²) in [5, 5.41) is 0. The minimum Gasteiger partial charge on any atom is -0.444 e. The molecule has 1 aromatic carbocycles. The summed E-state index contributed by atoms with van der Waals surface area (Å²) < 4.78 is 5.10. The second-order valence-electron chi connectivity index (χ2n) is 5.31. The van der Waals surface area contributed by atoms with Gasteiger partial charge in [-0.05, 0) is 18.4 Å². The van der Waals surface area contributed by atoms with Crippen molar-refractivity contribution in [1.82, 2.24) is 4.90 Å². The molecule has 6 nitrogen and oxygen atoms in total. The summed E-state index contributed by atoms with van der Waals surface area (Å²) >= 11 is 0. The van der Waals surface area contributed by atoms with E-state index in [1.807, 2.05) is 18.2 Å². The molecular formula is C16H21N2O4. The third-order valence-electron chi connectivity index (χ3n) is 3.20. The van der Waals surface area contributed by atoms with E-state index >= 15 is 0 Å². The van der Waals surface area contributed by atoms with E-state index in [-0.39, 0.29) is 12.5 Å². The predicted octanol–water partition coefficient (Wildman–Crippen LogP) is 1.63. The first kappa shape index (κ1) is 17.8. The highest BCUT2D eigenvalue weighted by atomic mass is 16.6. The van der Waals surface area contributed by atoms with Gasteiger partial charge in [-0.2, -0.15) is 0 Å². The highest BCUT2D eigenvalue weighted by Gasteiger charge is 2.33. The smallest absolute Gasteiger partial charge is 0.417 e. The fourth-order valence-corrected chi connectivity index (χ4v) is 1.73. The van der Waals surface area contributed by atoms with Crippen molar-refractivity contribution in [3.8, 4) is 0 Å². The van der Waals surface area contributed by atoms with Gasteiger partial charge in [0.1, 0.15) is 12.6 Å². The number of nitrogens with zero attached hydrogens (tertiary/aromatic N) is 1. The van der Waals surface area contributed by atoms with Crippen molar-refractivity contribution in [1.29, 1.82) is 0 Å². The van der Waals surface area contributed by atoms with Gasteiger partial charge in [-0.1, -0.05) is 44.2 Å². The average molecular weight is 305 g/mol. The predicted molar refractivity (Wildman–Crippen MR) is 81.4 cm³/mol. The van der Waals surface area contributed by atoms with Crippen LogP contribution < -0.4 is 5.73 Å². The third kappa shape index (κ3) is 4.66. The Balaban J connectivity index is 2.81. The van der Waals surface area contributed by atoms with E-state index in [2.05, 4.69) is 0 Å². The SMILES string of the molecule is CC(C)[C@H](N)C(=O)N(C(=O)OCc1ccccc1)[C@@H](C)[C]=O. The van der Waals surface area contributed by atoms with Crippen molar-refractivity contribution >= 4 is 18.3 Å². The first-order valence-corrected chi connectivity index (χ1v) is 7.05. The van der Waals surface area contributed by atoms with Crippen LogP contribution in [0.25, 0.3) is 0 Å². The second-order valence-corrected chi connectivity index (χ2v) is 5.31. The topological polar surface area (TPSA) is 89.7 Å². The van der Waals surface area contributed by atoms with Crippen molar-refractivity contribution in [2.24, 2.45) is 11.7 Å². The maximum Gasteiger partial charge on any atom is 0.417 e. The van der Waals surface area contributed by atoms with Crippen LogP contribution >= 0.6 is 0 Å². The number of nitrogens with two attached hydrogens (primary N) is 1. The molecule has 0 spiro atoms. The molecule has 0 aliphatic carbocycles. The number of imide groups is 1. The van der Waals surface area contributed by atoms with Gasteiger partial charge in [0.25, 0.3) is 0 Å². The Morgan fingerprint density at radius 3 is 2.32 bits per heavy atom. The van der Waals surface area contributed by atoms with E-state index in [1.54, 1.807) is 32.3 Å². The van der Waals surface area contributed by atoms with Gasteiger partial charge in [-0.3, -0.25) is 9.59 Å². The number of hydrogen-bond donors (Lipinski definition) is 1. The minimum atomic E-state index is -1.06. The lowest BCUT2D eigenvalue weighted by atomic mass is 10.0. The van der Waals surface area contributed by atoms with E-state index in [0.29, 0.717) is 0 Å². The number of amides is 2. The van der Waals surface area contributed by atoms with Crippen LogP contribution in [0, 0.1) is 5.92 Å². The molecule has 2 atom stereocenters. The molecule has 0 saturated carbocycles. The lowest BCUT2D eigenvalue weighted by Crippen LogP contribution is -2.53. The van der Waals surface area contributed by atoms with Gasteiger partial charge in [0, 0.05) is 0 Å². The van der Waals surface area contributed by atoms with E-state index < -0.39 is 24.1 Å². The highest BCUT2D eigenvalue weighted by Crippen LogP contribution is 2.10. The summed E-state index contributed by atoms with van der Waals surface area (Å²) in [5.41, 5.74) is 6.55. The second kappa shape index (κ2) is 8.29. The zero-order valence-electron chi connectivity index (χ0n) is 13.0. The van der Waals surface area contributed by atoms with Crippen LogP contribution in [0.5, 0.6) is 0 Å². The maximum absolute atomic E-state index is 12.3. The van der Waals surface area contributed by atoms with E-state index in [1.165, 1.54) is 6.92 Å².